The van der Waals surface area contributed by atoms with Gasteiger partial charge in [0, 0.05) is 6.61 Å². The Balaban J connectivity index is 0.925. The fourth-order valence-corrected chi connectivity index (χ4v) is 15.9. The maximum atomic E-state index is 12.3. The van der Waals surface area contributed by atoms with E-state index in [2.05, 4.69) is 83.1 Å². The summed E-state index contributed by atoms with van der Waals surface area (Å²) in [6.45, 7) is 16.6. The smallest absolute Gasteiger partial charge is 0.432 e. The summed E-state index contributed by atoms with van der Waals surface area (Å²) in [5.74, 6) is 0. The van der Waals surface area contributed by atoms with Gasteiger partial charge in [-0.2, -0.15) is 0 Å². The van der Waals surface area contributed by atoms with Gasteiger partial charge in [-0.3, -0.25) is 0 Å². The molecular formula is C49H70O11Si2. The summed E-state index contributed by atoms with van der Waals surface area (Å²) in [7, 11) is -5.59. The molecule has 0 bridgehead atoms. The third kappa shape index (κ3) is 15.8. The molecule has 0 radical (unpaired) electrons. The van der Waals surface area contributed by atoms with Gasteiger partial charge in [0.25, 0.3) is 16.6 Å². The maximum Gasteiger partial charge on any atom is 0.508 e. The highest BCUT2D eigenvalue weighted by Gasteiger charge is 2.50. The van der Waals surface area contributed by atoms with Crippen LogP contribution < -0.4 is 20.7 Å². The van der Waals surface area contributed by atoms with E-state index < -0.39 is 22.8 Å². The summed E-state index contributed by atoms with van der Waals surface area (Å²) in [5, 5.41) is 4.14. The van der Waals surface area contributed by atoms with Gasteiger partial charge in [-0.05, 0) is 43.7 Å². The normalized spacial score (nSPS) is 12.4. The van der Waals surface area contributed by atoms with E-state index in [4.69, 9.17) is 42.3 Å². The zero-order valence-electron chi connectivity index (χ0n) is 37.6. The molecule has 0 aliphatic heterocycles. The molecule has 11 nitrogen and oxygen atoms in total. The van der Waals surface area contributed by atoms with Crippen molar-refractivity contribution in [2.24, 2.45) is 0 Å². The van der Waals surface area contributed by atoms with E-state index in [1.165, 1.54) is 10.4 Å². The highest BCUT2D eigenvalue weighted by molar-refractivity contribution is 6.99. The minimum atomic E-state index is -3.01. The van der Waals surface area contributed by atoms with Crippen molar-refractivity contribution in [2.75, 3.05) is 99.1 Å². The van der Waals surface area contributed by atoms with Crippen LogP contribution >= 0.6 is 0 Å². The van der Waals surface area contributed by atoms with Crippen LogP contribution in [0.4, 0.5) is 4.79 Å². The van der Waals surface area contributed by atoms with Crippen LogP contribution in [-0.2, 0) is 42.3 Å². The Labute approximate surface area is 372 Å². The Bertz CT molecular complexity index is 1680. The third-order valence-electron chi connectivity index (χ3n) is 10.8. The molecule has 4 rings (SSSR count). The summed E-state index contributed by atoms with van der Waals surface area (Å²) in [5.41, 5.74) is 0. The lowest BCUT2D eigenvalue weighted by molar-refractivity contribution is -0.0155. The van der Waals surface area contributed by atoms with Crippen LogP contribution in [0.25, 0.3) is 0 Å². The second-order valence-electron chi connectivity index (χ2n) is 16.6. The lowest BCUT2D eigenvalue weighted by Gasteiger charge is -2.43. The van der Waals surface area contributed by atoms with Gasteiger partial charge >= 0.3 is 6.16 Å². The molecule has 1 N–H and O–H groups in total. The van der Waals surface area contributed by atoms with Gasteiger partial charge < -0.3 is 47.1 Å². The van der Waals surface area contributed by atoms with E-state index >= 15 is 0 Å². The van der Waals surface area contributed by atoms with Gasteiger partial charge in [-0.25, -0.2) is 4.79 Å². The molecule has 62 heavy (non-hydrogen) atoms. The number of ether oxygens (including phenoxy) is 8. The lowest BCUT2D eigenvalue weighted by atomic mass is 10.1. The van der Waals surface area contributed by atoms with E-state index in [1.807, 2.05) is 72.8 Å². The van der Waals surface area contributed by atoms with Crippen molar-refractivity contribution in [1.29, 1.82) is 0 Å². The first-order valence-corrected chi connectivity index (χ1v) is 25.7. The number of benzene rings is 4. The topological polar surface area (TPSA) is 120 Å². The first kappa shape index (κ1) is 50.9. The minimum Gasteiger partial charge on any atom is -0.432 e. The number of carbonyl (C=O) groups is 1. The average molecular weight is 891 g/mol. The highest BCUT2D eigenvalue weighted by atomic mass is 28.4. The maximum absolute atomic E-state index is 12.3. The Hall–Kier alpha value is -3.74. The summed E-state index contributed by atoms with van der Waals surface area (Å²) >= 11 is 0. The Kier molecular flexibility index (Phi) is 22.5. The Morgan fingerprint density at radius 3 is 1.10 bits per heavy atom. The second-order valence-corrected chi connectivity index (χ2v) is 24.8. The van der Waals surface area contributed by atoms with Crippen LogP contribution in [0, 0.1) is 0 Å². The van der Waals surface area contributed by atoms with E-state index in [-0.39, 0.29) is 36.5 Å². The van der Waals surface area contributed by atoms with Crippen LogP contribution in [-0.4, -0.2) is 127 Å². The molecule has 0 saturated carbocycles. The molecule has 0 aliphatic rings. The predicted molar refractivity (Wildman–Crippen MR) is 249 cm³/mol. The van der Waals surface area contributed by atoms with Crippen LogP contribution in [0.3, 0.4) is 0 Å². The van der Waals surface area contributed by atoms with E-state index in [9.17, 15) is 9.59 Å². The number of rotatable bonds is 31. The molecule has 0 heterocycles. The number of hydrogen-bond acceptors (Lipinski definition) is 11. The molecule has 0 atom stereocenters. The number of hydrogen-bond donors (Lipinski definition) is 1. The fraction of sp³-hybridized carbons (Fsp3) is 0.490. The van der Waals surface area contributed by atoms with Crippen molar-refractivity contribution in [2.45, 2.75) is 57.5 Å². The molecule has 0 aliphatic carbocycles. The second kappa shape index (κ2) is 27.5. The monoisotopic (exact) mass is 890 g/mol. The molecule has 340 valence electrons. The molecule has 0 amide bonds. The zero-order valence-corrected chi connectivity index (χ0v) is 39.6. The quantitative estimate of drug-likeness (QED) is 0.0357. The molecule has 0 saturated heterocycles. The summed E-state index contributed by atoms with van der Waals surface area (Å²) < 4.78 is 50.8. The summed E-state index contributed by atoms with van der Waals surface area (Å²) in [6.07, 6.45) is 0.888. The van der Waals surface area contributed by atoms with Crippen molar-refractivity contribution < 1.29 is 51.9 Å². The van der Waals surface area contributed by atoms with Crippen LogP contribution in [0.2, 0.25) is 10.1 Å². The number of carbonyl (C=O) groups excluding carboxylic acids is 1. The van der Waals surface area contributed by atoms with Gasteiger partial charge in [0.1, 0.15) is 13.2 Å². The fourth-order valence-electron chi connectivity index (χ4n) is 7.61. The van der Waals surface area contributed by atoms with E-state index in [0.29, 0.717) is 72.7 Å². The SMILES string of the molecule is CC(C)(CCCOCCOCCOCCOC(=O)OCCOCCOCCOCCO[Si](c1ccccc1)(c1ccccc1)C(C)(C)C)[Si](O)(c1ccccc1)c1ccccc1. The Morgan fingerprint density at radius 1 is 0.435 bits per heavy atom. The lowest BCUT2D eigenvalue weighted by Crippen LogP contribution is -2.66. The van der Waals surface area contributed by atoms with Gasteiger partial charge in [0.15, 0.2) is 0 Å². The van der Waals surface area contributed by atoms with Crippen LogP contribution in [0.1, 0.15) is 47.5 Å². The predicted octanol–water partition coefficient (Wildman–Crippen LogP) is 6.13. The molecule has 4 aromatic rings. The molecule has 4 aromatic carbocycles. The van der Waals surface area contributed by atoms with E-state index in [1.54, 1.807) is 0 Å². The van der Waals surface area contributed by atoms with Crippen molar-refractivity contribution in [3.63, 3.8) is 0 Å². The first-order chi connectivity index (χ1) is 30.0. The van der Waals surface area contributed by atoms with Crippen molar-refractivity contribution in [3.05, 3.63) is 121 Å². The van der Waals surface area contributed by atoms with Crippen molar-refractivity contribution >= 4 is 43.5 Å². The largest absolute Gasteiger partial charge is 0.508 e. The Morgan fingerprint density at radius 2 is 0.742 bits per heavy atom. The third-order valence-corrected chi connectivity index (χ3v) is 20.4. The zero-order chi connectivity index (χ0) is 44.4. The van der Waals surface area contributed by atoms with Gasteiger partial charge in [-0.1, -0.05) is 156 Å². The minimum absolute atomic E-state index is 0.0765. The van der Waals surface area contributed by atoms with Crippen LogP contribution in [0.5, 0.6) is 0 Å². The molecule has 0 fully saturated rings. The van der Waals surface area contributed by atoms with Crippen molar-refractivity contribution in [3.8, 4) is 0 Å². The summed E-state index contributed by atoms with van der Waals surface area (Å²) in [6, 6.07) is 41.3. The van der Waals surface area contributed by atoms with Gasteiger partial charge in [0.2, 0.25) is 0 Å². The van der Waals surface area contributed by atoms with Gasteiger partial charge in [-0.15, -0.1) is 0 Å². The molecule has 0 aromatic heterocycles. The average Bonchev–Trinajstić information content (AvgIpc) is 3.28. The molecular weight excluding hydrogens is 821 g/mol. The van der Waals surface area contributed by atoms with E-state index in [0.717, 1.165) is 23.2 Å². The van der Waals surface area contributed by atoms with Crippen molar-refractivity contribution in [1.82, 2.24) is 0 Å². The molecule has 0 unspecified atom stereocenters. The molecule has 0 spiro atoms. The van der Waals surface area contributed by atoms with Crippen LogP contribution in [0.15, 0.2) is 121 Å². The summed E-state index contributed by atoms with van der Waals surface area (Å²) in [4.78, 5) is 24.1. The highest BCUT2D eigenvalue weighted by Crippen LogP contribution is 2.40. The van der Waals surface area contributed by atoms with Gasteiger partial charge in [0.05, 0.1) is 79.3 Å². The molecule has 13 heteroatoms. The first-order valence-electron chi connectivity index (χ1n) is 21.9. The standard InChI is InChI=1S/C49H70O11Si2/c1-48(2,3)62(45-23-14-8-15-24-45,46-25-16-9-17-26-46)60-42-39-57-36-33-54-32-35-56-38-41-59-47(50)58-40-37-55-34-31-53-30-29-52-28-18-27-49(4,5)61(51,43-19-10-6-11-20-43)44-21-12-7-13-22-44/h6-17,19-26,51H,18,27-42H2,1-5H3.